The number of hydrogen-bond donors (Lipinski definition) is 2. The van der Waals surface area contributed by atoms with Gasteiger partial charge < -0.3 is 15.8 Å². The number of benzene rings is 2. The average molecular weight is 297 g/mol. The van der Waals surface area contributed by atoms with E-state index in [1.54, 1.807) is 0 Å². The number of anilines is 1. The molecule has 116 valence electrons. The summed E-state index contributed by atoms with van der Waals surface area (Å²) in [7, 11) is 0. The van der Waals surface area contributed by atoms with E-state index in [0.717, 1.165) is 29.0 Å². The second-order valence-corrected chi connectivity index (χ2v) is 5.18. The summed E-state index contributed by atoms with van der Waals surface area (Å²) in [4.78, 5) is 4.30. The van der Waals surface area contributed by atoms with E-state index in [-0.39, 0.29) is 0 Å². The molecule has 0 saturated heterocycles. The summed E-state index contributed by atoms with van der Waals surface area (Å²) in [5.74, 6) is 1.40. The third-order valence-corrected chi connectivity index (χ3v) is 3.29. The van der Waals surface area contributed by atoms with Gasteiger partial charge in [-0.05, 0) is 37.1 Å². The Morgan fingerprint density at radius 2 is 1.73 bits per heavy atom. The van der Waals surface area contributed by atoms with Crippen molar-refractivity contribution < 1.29 is 4.74 Å². The van der Waals surface area contributed by atoms with E-state index >= 15 is 0 Å². The molecule has 22 heavy (non-hydrogen) atoms. The molecule has 2 aromatic rings. The molecule has 0 aliphatic rings. The smallest absolute Gasteiger partial charge is 0.193 e. The highest BCUT2D eigenvalue weighted by atomic mass is 16.5. The SMILES string of the molecule is Cc1cccc(C)c1OCCCN=C(N)Nc1ccccc1. The second kappa shape index (κ2) is 8.08. The molecule has 3 N–H and O–H groups in total. The maximum absolute atomic E-state index is 5.85. The highest BCUT2D eigenvalue weighted by Crippen LogP contribution is 2.22. The minimum atomic E-state index is 0.429. The van der Waals surface area contributed by atoms with Crippen molar-refractivity contribution in [3.63, 3.8) is 0 Å². The Bertz CT molecular complexity index is 603. The molecule has 4 heteroatoms. The van der Waals surface area contributed by atoms with Gasteiger partial charge in [0.05, 0.1) is 6.61 Å². The van der Waals surface area contributed by atoms with Crippen LogP contribution in [0, 0.1) is 13.8 Å². The topological polar surface area (TPSA) is 59.6 Å². The number of nitrogens with one attached hydrogen (secondary N) is 1. The quantitative estimate of drug-likeness (QED) is 0.487. The molecule has 0 aliphatic heterocycles. The van der Waals surface area contributed by atoms with Gasteiger partial charge in [0.1, 0.15) is 5.75 Å². The van der Waals surface area contributed by atoms with Gasteiger partial charge in [-0.15, -0.1) is 0 Å². The average Bonchev–Trinajstić information content (AvgIpc) is 2.50. The Labute approximate surface area is 132 Å². The van der Waals surface area contributed by atoms with Crippen LogP contribution < -0.4 is 15.8 Å². The molecule has 2 aromatic carbocycles. The lowest BCUT2D eigenvalue weighted by molar-refractivity contribution is 0.309. The molecule has 0 spiro atoms. The van der Waals surface area contributed by atoms with E-state index in [1.165, 1.54) is 0 Å². The number of aryl methyl sites for hydroxylation is 2. The molecule has 0 radical (unpaired) electrons. The Morgan fingerprint density at radius 1 is 1.05 bits per heavy atom. The van der Waals surface area contributed by atoms with Crippen molar-refractivity contribution in [2.75, 3.05) is 18.5 Å². The first-order chi connectivity index (χ1) is 10.7. The summed E-state index contributed by atoms with van der Waals surface area (Å²) in [6.45, 7) is 5.38. The van der Waals surface area contributed by atoms with Crippen molar-refractivity contribution in [1.29, 1.82) is 0 Å². The predicted octanol–water partition coefficient (Wildman–Crippen LogP) is 3.50. The van der Waals surface area contributed by atoms with Gasteiger partial charge in [-0.1, -0.05) is 36.4 Å². The Balaban J connectivity index is 1.74. The standard InChI is InChI=1S/C18H23N3O/c1-14-8-6-9-15(2)17(14)22-13-7-12-20-18(19)21-16-10-4-3-5-11-16/h3-6,8-11H,7,12-13H2,1-2H3,(H3,19,20,21). The van der Waals surface area contributed by atoms with Gasteiger partial charge in [0, 0.05) is 18.7 Å². The molecule has 0 unspecified atom stereocenters. The summed E-state index contributed by atoms with van der Waals surface area (Å²) in [5.41, 5.74) is 9.11. The molecule has 0 saturated carbocycles. The highest BCUT2D eigenvalue weighted by molar-refractivity contribution is 5.92. The van der Waals surface area contributed by atoms with Crippen LogP contribution >= 0.6 is 0 Å². The lowest BCUT2D eigenvalue weighted by atomic mass is 10.1. The number of hydrogen-bond acceptors (Lipinski definition) is 2. The van der Waals surface area contributed by atoms with Crippen molar-refractivity contribution in [3.05, 3.63) is 59.7 Å². The molecule has 0 aromatic heterocycles. The van der Waals surface area contributed by atoms with E-state index < -0.39 is 0 Å². The lowest BCUT2D eigenvalue weighted by Gasteiger charge is -2.11. The first kappa shape index (κ1) is 15.9. The monoisotopic (exact) mass is 297 g/mol. The van der Waals surface area contributed by atoms with Crippen LogP contribution in [0.2, 0.25) is 0 Å². The van der Waals surface area contributed by atoms with Crippen LogP contribution in [-0.4, -0.2) is 19.1 Å². The van der Waals surface area contributed by atoms with Gasteiger partial charge in [0.25, 0.3) is 0 Å². The highest BCUT2D eigenvalue weighted by Gasteiger charge is 2.02. The third-order valence-electron chi connectivity index (χ3n) is 3.29. The maximum atomic E-state index is 5.85. The first-order valence-corrected chi connectivity index (χ1v) is 7.48. The Morgan fingerprint density at radius 3 is 2.41 bits per heavy atom. The van der Waals surface area contributed by atoms with Crippen LogP contribution in [0.25, 0.3) is 0 Å². The fourth-order valence-corrected chi connectivity index (χ4v) is 2.17. The normalized spacial score (nSPS) is 11.3. The van der Waals surface area contributed by atoms with Crippen LogP contribution in [0.1, 0.15) is 17.5 Å². The zero-order valence-electron chi connectivity index (χ0n) is 13.2. The first-order valence-electron chi connectivity index (χ1n) is 7.48. The van der Waals surface area contributed by atoms with E-state index in [2.05, 4.69) is 36.3 Å². The molecule has 2 rings (SSSR count). The molecule has 0 aliphatic carbocycles. The number of rotatable bonds is 6. The van der Waals surface area contributed by atoms with E-state index in [0.29, 0.717) is 19.1 Å². The van der Waals surface area contributed by atoms with Crippen molar-refractivity contribution in [3.8, 4) is 5.75 Å². The second-order valence-electron chi connectivity index (χ2n) is 5.18. The number of nitrogens with zero attached hydrogens (tertiary/aromatic N) is 1. The molecule has 0 amide bonds. The number of guanidine groups is 1. The van der Waals surface area contributed by atoms with E-state index in [9.17, 15) is 0 Å². The Hall–Kier alpha value is -2.49. The minimum Gasteiger partial charge on any atom is -0.493 e. The molecule has 0 atom stereocenters. The number of ether oxygens (including phenoxy) is 1. The van der Waals surface area contributed by atoms with Gasteiger partial charge >= 0.3 is 0 Å². The predicted molar refractivity (Wildman–Crippen MR) is 92.6 cm³/mol. The summed E-state index contributed by atoms with van der Waals surface area (Å²) >= 11 is 0. The third kappa shape index (κ3) is 4.81. The molecular formula is C18H23N3O. The zero-order valence-corrected chi connectivity index (χ0v) is 13.2. The number of nitrogens with two attached hydrogens (primary N) is 1. The van der Waals surface area contributed by atoms with Gasteiger partial charge in [0.2, 0.25) is 0 Å². The van der Waals surface area contributed by atoms with Crippen molar-refractivity contribution in [2.24, 2.45) is 10.7 Å². The summed E-state index contributed by atoms with van der Waals surface area (Å²) in [6.07, 6.45) is 0.824. The number of para-hydroxylation sites is 2. The molecular weight excluding hydrogens is 274 g/mol. The summed E-state index contributed by atoms with van der Waals surface area (Å²) in [6, 6.07) is 15.9. The van der Waals surface area contributed by atoms with Crippen molar-refractivity contribution in [2.45, 2.75) is 20.3 Å². The molecule has 0 bridgehead atoms. The minimum absolute atomic E-state index is 0.429. The van der Waals surface area contributed by atoms with Gasteiger partial charge in [-0.2, -0.15) is 0 Å². The molecule has 4 nitrogen and oxygen atoms in total. The summed E-state index contributed by atoms with van der Waals surface area (Å²) < 4.78 is 5.84. The van der Waals surface area contributed by atoms with Crippen molar-refractivity contribution >= 4 is 11.6 Å². The van der Waals surface area contributed by atoms with Gasteiger partial charge in [0.15, 0.2) is 5.96 Å². The van der Waals surface area contributed by atoms with Crippen molar-refractivity contribution in [1.82, 2.24) is 0 Å². The number of aliphatic imine (C=N–C) groups is 1. The van der Waals surface area contributed by atoms with Crippen LogP contribution in [0.5, 0.6) is 5.75 Å². The molecule has 0 heterocycles. The lowest BCUT2D eigenvalue weighted by Crippen LogP contribution is -2.23. The Kier molecular flexibility index (Phi) is 5.83. The maximum Gasteiger partial charge on any atom is 0.193 e. The van der Waals surface area contributed by atoms with Crippen LogP contribution in [0.4, 0.5) is 5.69 Å². The van der Waals surface area contributed by atoms with Crippen LogP contribution in [0.15, 0.2) is 53.5 Å². The largest absolute Gasteiger partial charge is 0.493 e. The van der Waals surface area contributed by atoms with E-state index in [4.69, 9.17) is 10.5 Å². The fourth-order valence-electron chi connectivity index (χ4n) is 2.17. The van der Waals surface area contributed by atoms with Crippen LogP contribution in [0.3, 0.4) is 0 Å². The fraction of sp³-hybridized carbons (Fsp3) is 0.278. The summed E-state index contributed by atoms with van der Waals surface area (Å²) in [5, 5.41) is 3.06. The zero-order chi connectivity index (χ0) is 15.8. The van der Waals surface area contributed by atoms with Crippen LogP contribution in [-0.2, 0) is 0 Å². The van der Waals surface area contributed by atoms with Gasteiger partial charge in [-0.3, -0.25) is 4.99 Å². The molecule has 0 fully saturated rings. The van der Waals surface area contributed by atoms with E-state index in [1.807, 2.05) is 36.4 Å². The van der Waals surface area contributed by atoms with Gasteiger partial charge in [-0.25, -0.2) is 0 Å².